The van der Waals surface area contributed by atoms with Crippen LogP contribution < -0.4 is 5.32 Å². The number of fused-ring (bicyclic) bond motifs is 1. The number of carbonyl (C=O) groups is 2. The molecule has 2 aromatic rings. The molecule has 5 nitrogen and oxygen atoms in total. The summed E-state index contributed by atoms with van der Waals surface area (Å²) in [5, 5.41) is 3.59. The molecule has 1 aromatic carbocycles. The van der Waals surface area contributed by atoms with Gasteiger partial charge < -0.3 is 14.5 Å². The second kappa shape index (κ2) is 6.22. The first kappa shape index (κ1) is 16.1. The van der Waals surface area contributed by atoms with Crippen molar-refractivity contribution in [2.75, 3.05) is 7.11 Å². The number of rotatable bonds is 5. The maximum absolute atomic E-state index is 12.4. The molecule has 2 rings (SSSR count). The van der Waals surface area contributed by atoms with Gasteiger partial charge in [-0.1, -0.05) is 32.0 Å². The van der Waals surface area contributed by atoms with Gasteiger partial charge in [0.25, 0.3) is 5.91 Å². The number of ether oxygens (including phenoxy) is 1. The Morgan fingerprint density at radius 1 is 1.32 bits per heavy atom. The van der Waals surface area contributed by atoms with Crippen LogP contribution in [0.3, 0.4) is 0 Å². The molecule has 1 heterocycles. The van der Waals surface area contributed by atoms with E-state index in [9.17, 15) is 9.59 Å². The summed E-state index contributed by atoms with van der Waals surface area (Å²) in [5.41, 5.74) is -0.449. The van der Waals surface area contributed by atoms with Crippen molar-refractivity contribution in [1.82, 2.24) is 5.32 Å². The minimum absolute atomic E-state index is 0.181. The van der Waals surface area contributed by atoms with Gasteiger partial charge in [0, 0.05) is 5.39 Å². The number of methoxy groups -OCH3 is 1. The lowest BCUT2D eigenvalue weighted by atomic mass is 9.90. The van der Waals surface area contributed by atoms with Gasteiger partial charge in [-0.3, -0.25) is 4.79 Å². The number of benzene rings is 1. The highest BCUT2D eigenvalue weighted by atomic mass is 16.5. The van der Waals surface area contributed by atoms with E-state index in [2.05, 4.69) is 5.32 Å². The highest BCUT2D eigenvalue weighted by molar-refractivity contribution is 5.99. The van der Waals surface area contributed by atoms with Crippen molar-refractivity contribution in [3.05, 3.63) is 36.1 Å². The van der Waals surface area contributed by atoms with Crippen LogP contribution in [-0.4, -0.2) is 24.5 Å². The van der Waals surface area contributed by atoms with E-state index in [4.69, 9.17) is 9.15 Å². The van der Waals surface area contributed by atoms with Gasteiger partial charge in [0.05, 0.1) is 7.11 Å². The van der Waals surface area contributed by atoms with Gasteiger partial charge in [-0.05, 0) is 31.4 Å². The van der Waals surface area contributed by atoms with E-state index in [0.717, 1.165) is 5.39 Å². The van der Waals surface area contributed by atoms with Crippen molar-refractivity contribution >= 4 is 22.8 Å². The number of nitrogens with one attached hydrogen (secondary N) is 1. The van der Waals surface area contributed by atoms with Crippen LogP contribution in [0.1, 0.15) is 37.7 Å². The van der Waals surface area contributed by atoms with Crippen LogP contribution in [0.25, 0.3) is 11.0 Å². The van der Waals surface area contributed by atoms with Crippen LogP contribution in [-0.2, 0) is 9.53 Å². The van der Waals surface area contributed by atoms with Crippen molar-refractivity contribution in [2.24, 2.45) is 5.92 Å². The number of hydrogen-bond donors (Lipinski definition) is 1. The topological polar surface area (TPSA) is 68.5 Å². The third kappa shape index (κ3) is 3.30. The smallest absolute Gasteiger partial charge is 0.331 e. The fraction of sp³-hybridized carbons (Fsp3) is 0.412. The molecule has 22 heavy (non-hydrogen) atoms. The molecule has 118 valence electrons. The summed E-state index contributed by atoms with van der Waals surface area (Å²) < 4.78 is 10.4. The van der Waals surface area contributed by atoms with Gasteiger partial charge in [-0.25, -0.2) is 4.79 Å². The molecule has 1 amide bonds. The third-order valence-electron chi connectivity index (χ3n) is 3.49. The average molecular weight is 303 g/mol. The minimum Gasteiger partial charge on any atom is -0.467 e. The predicted octanol–water partition coefficient (Wildman–Crippen LogP) is 3.14. The van der Waals surface area contributed by atoms with Crippen LogP contribution in [0.2, 0.25) is 0 Å². The quantitative estimate of drug-likeness (QED) is 0.862. The number of hydrogen-bond acceptors (Lipinski definition) is 4. The number of carbonyl (C=O) groups excluding carboxylic acids is 2. The molecule has 1 atom stereocenters. The Hall–Kier alpha value is -2.30. The zero-order valence-corrected chi connectivity index (χ0v) is 13.3. The summed E-state index contributed by atoms with van der Waals surface area (Å²) in [6.07, 6.45) is 0.478. The zero-order chi connectivity index (χ0) is 16.3. The van der Waals surface area contributed by atoms with Gasteiger partial charge >= 0.3 is 5.97 Å². The molecule has 0 fully saturated rings. The van der Waals surface area contributed by atoms with E-state index >= 15 is 0 Å². The second-order valence-corrected chi connectivity index (χ2v) is 6.02. The first-order valence-electron chi connectivity index (χ1n) is 7.25. The molecule has 0 spiro atoms. The van der Waals surface area contributed by atoms with Gasteiger partial charge in [0.2, 0.25) is 0 Å². The molecule has 0 saturated heterocycles. The predicted molar refractivity (Wildman–Crippen MR) is 83.6 cm³/mol. The molecule has 0 aliphatic rings. The highest BCUT2D eigenvalue weighted by Gasteiger charge is 2.37. The van der Waals surface area contributed by atoms with Gasteiger partial charge in [0.1, 0.15) is 11.1 Å². The molecule has 0 aliphatic carbocycles. The summed E-state index contributed by atoms with van der Waals surface area (Å²) in [6.45, 7) is 5.63. The summed E-state index contributed by atoms with van der Waals surface area (Å²) in [7, 11) is 1.31. The van der Waals surface area contributed by atoms with Gasteiger partial charge in [-0.2, -0.15) is 0 Å². The molecule has 5 heteroatoms. The molecular formula is C17H21NO4. The zero-order valence-electron chi connectivity index (χ0n) is 13.3. The van der Waals surface area contributed by atoms with Crippen molar-refractivity contribution in [3.8, 4) is 0 Å². The fourth-order valence-corrected chi connectivity index (χ4v) is 2.63. The van der Waals surface area contributed by atoms with Gasteiger partial charge in [-0.15, -0.1) is 0 Å². The lowest BCUT2D eigenvalue weighted by Crippen LogP contribution is -2.53. The Labute approximate surface area is 129 Å². The monoisotopic (exact) mass is 303 g/mol. The largest absolute Gasteiger partial charge is 0.467 e. The number of para-hydroxylation sites is 1. The molecule has 0 aliphatic heterocycles. The number of furan rings is 1. The first-order valence-corrected chi connectivity index (χ1v) is 7.25. The fourth-order valence-electron chi connectivity index (χ4n) is 2.63. The van der Waals surface area contributed by atoms with Crippen molar-refractivity contribution < 1.29 is 18.7 Å². The maximum atomic E-state index is 12.4. The third-order valence-corrected chi connectivity index (χ3v) is 3.49. The lowest BCUT2D eigenvalue weighted by Gasteiger charge is -2.29. The maximum Gasteiger partial charge on any atom is 0.331 e. The van der Waals surface area contributed by atoms with Crippen LogP contribution in [0, 0.1) is 5.92 Å². The van der Waals surface area contributed by atoms with E-state index in [0.29, 0.717) is 12.0 Å². The van der Waals surface area contributed by atoms with Crippen molar-refractivity contribution in [2.45, 2.75) is 32.7 Å². The van der Waals surface area contributed by atoms with Gasteiger partial charge in [0.15, 0.2) is 5.76 Å². The van der Waals surface area contributed by atoms with Crippen LogP contribution in [0.5, 0.6) is 0 Å². The summed E-state index contributed by atoms with van der Waals surface area (Å²) in [5.74, 6) is -0.490. The molecule has 0 radical (unpaired) electrons. The van der Waals surface area contributed by atoms with E-state index in [1.54, 1.807) is 19.1 Å². The Morgan fingerprint density at radius 3 is 2.59 bits per heavy atom. The van der Waals surface area contributed by atoms with Crippen molar-refractivity contribution in [1.29, 1.82) is 0 Å². The van der Waals surface area contributed by atoms with Crippen LogP contribution in [0.4, 0.5) is 0 Å². The standard InChI is InChI=1S/C17H21NO4/c1-11(2)10-17(3,16(20)21-4)18-15(19)14-9-12-7-5-6-8-13(12)22-14/h5-9,11H,10H2,1-4H3,(H,18,19)/t17-/m1/s1. The Balaban J connectivity index is 2.25. The Bertz CT molecular complexity index is 656. The molecular weight excluding hydrogens is 282 g/mol. The highest BCUT2D eigenvalue weighted by Crippen LogP contribution is 2.22. The van der Waals surface area contributed by atoms with Crippen LogP contribution >= 0.6 is 0 Å². The Morgan fingerprint density at radius 2 is 2.00 bits per heavy atom. The normalized spacial score (nSPS) is 13.9. The second-order valence-electron chi connectivity index (χ2n) is 6.02. The molecule has 1 N–H and O–H groups in total. The van der Waals surface area contributed by atoms with E-state index in [-0.39, 0.29) is 11.7 Å². The van der Waals surface area contributed by atoms with Crippen molar-refractivity contribution in [3.63, 3.8) is 0 Å². The molecule has 0 unspecified atom stereocenters. The van der Waals surface area contributed by atoms with E-state index in [1.165, 1.54) is 7.11 Å². The molecule has 0 saturated carbocycles. The molecule has 0 bridgehead atoms. The minimum atomic E-state index is -1.08. The Kier molecular flexibility index (Phi) is 4.54. The van der Waals surface area contributed by atoms with E-state index in [1.807, 2.05) is 32.0 Å². The van der Waals surface area contributed by atoms with E-state index < -0.39 is 17.4 Å². The first-order chi connectivity index (χ1) is 10.4. The summed E-state index contributed by atoms with van der Waals surface area (Å²) in [6, 6.07) is 9.03. The average Bonchev–Trinajstić information content (AvgIpc) is 2.89. The molecule has 1 aromatic heterocycles. The summed E-state index contributed by atoms with van der Waals surface area (Å²) >= 11 is 0. The SMILES string of the molecule is COC(=O)[C@@](C)(CC(C)C)NC(=O)c1cc2ccccc2o1. The van der Waals surface area contributed by atoms with Crippen LogP contribution in [0.15, 0.2) is 34.7 Å². The lowest BCUT2D eigenvalue weighted by molar-refractivity contribution is -0.148. The number of esters is 1. The number of amides is 1. The summed E-state index contributed by atoms with van der Waals surface area (Å²) in [4.78, 5) is 24.5.